The largest absolute Gasteiger partial charge is 0.489 e. The van der Waals surface area contributed by atoms with E-state index >= 15 is 0 Å². The molecule has 2 aromatic carbocycles. The third-order valence-corrected chi connectivity index (χ3v) is 4.40. The lowest BCUT2D eigenvalue weighted by Gasteiger charge is -2.11. The molecule has 0 saturated carbocycles. The van der Waals surface area contributed by atoms with Crippen LogP contribution in [0.15, 0.2) is 66.1 Å². The summed E-state index contributed by atoms with van der Waals surface area (Å²) in [5, 5.41) is 7.00. The molecule has 2 aromatic rings. The summed E-state index contributed by atoms with van der Waals surface area (Å²) in [6, 6.07) is 16.2. The number of hydrogen-bond acceptors (Lipinski definition) is 3. The number of thiocarbonyl (C=S) groups is 1. The molecule has 5 heteroatoms. The highest BCUT2D eigenvalue weighted by Gasteiger charge is 2.00. The lowest BCUT2D eigenvalue weighted by Crippen LogP contribution is -2.30. The first-order valence-corrected chi connectivity index (χ1v) is 9.15. The van der Waals surface area contributed by atoms with Crippen LogP contribution >= 0.6 is 24.0 Å². The van der Waals surface area contributed by atoms with Crippen LogP contribution in [0.4, 0.5) is 5.69 Å². The molecule has 0 bridgehead atoms. The summed E-state index contributed by atoms with van der Waals surface area (Å²) >= 11 is 7.14. The van der Waals surface area contributed by atoms with Crippen LogP contribution in [0.2, 0.25) is 0 Å². The summed E-state index contributed by atoms with van der Waals surface area (Å²) in [6.45, 7) is 7.03. The summed E-state index contributed by atoms with van der Waals surface area (Å²) in [5.41, 5.74) is 2.18. The SMILES string of the molecule is C=CCOc1cccc(NC(=S)NCCSc2ccc(C)cc2)c1. The van der Waals surface area contributed by atoms with Crippen LogP contribution < -0.4 is 15.4 Å². The van der Waals surface area contributed by atoms with Crippen molar-refractivity contribution in [2.45, 2.75) is 11.8 Å². The number of anilines is 1. The summed E-state index contributed by atoms with van der Waals surface area (Å²) in [4.78, 5) is 1.27. The van der Waals surface area contributed by atoms with Gasteiger partial charge in [0.15, 0.2) is 5.11 Å². The number of nitrogens with one attached hydrogen (secondary N) is 2. The normalized spacial score (nSPS) is 10.0. The fraction of sp³-hybridized carbons (Fsp3) is 0.211. The summed E-state index contributed by atoms with van der Waals surface area (Å²) in [7, 11) is 0. The topological polar surface area (TPSA) is 33.3 Å². The van der Waals surface area contributed by atoms with Crippen LogP contribution in [-0.2, 0) is 0 Å². The smallest absolute Gasteiger partial charge is 0.170 e. The molecule has 0 spiro atoms. The molecule has 0 amide bonds. The zero-order chi connectivity index (χ0) is 17.2. The Kier molecular flexibility index (Phi) is 7.65. The van der Waals surface area contributed by atoms with Crippen LogP contribution in [0.1, 0.15) is 5.56 Å². The monoisotopic (exact) mass is 358 g/mol. The van der Waals surface area contributed by atoms with Crippen molar-refractivity contribution in [3.8, 4) is 5.75 Å². The molecule has 0 saturated heterocycles. The van der Waals surface area contributed by atoms with Crippen molar-refractivity contribution in [2.75, 3.05) is 24.2 Å². The predicted octanol–water partition coefficient (Wildman–Crippen LogP) is 4.64. The molecule has 2 N–H and O–H groups in total. The minimum absolute atomic E-state index is 0.488. The second-order valence-electron chi connectivity index (χ2n) is 5.17. The van der Waals surface area contributed by atoms with Gasteiger partial charge in [-0.05, 0) is 43.4 Å². The van der Waals surface area contributed by atoms with Crippen molar-refractivity contribution in [3.05, 3.63) is 66.7 Å². The molecule has 0 atom stereocenters. The Morgan fingerprint density at radius 2 is 2.04 bits per heavy atom. The number of rotatable bonds is 8. The van der Waals surface area contributed by atoms with Crippen LogP contribution in [0.5, 0.6) is 5.75 Å². The maximum absolute atomic E-state index is 5.51. The van der Waals surface area contributed by atoms with Crippen LogP contribution in [-0.4, -0.2) is 24.0 Å². The van der Waals surface area contributed by atoms with E-state index in [4.69, 9.17) is 17.0 Å². The molecule has 0 aliphatic rings. The molecule has 2 rings (SSSR count). The molecule has 24 heavy (non-hydrogen) atoms. The highest BCUT2D eigenvalue weighted by atomic mass is 32.2. The first-order chi connectivity index (χ1) is 11.7. The minimum atomic E-state index is 0.488. The number of ether oxygens (including phenoxy) is 1. The quantitative estimate of drug-likeness (QED) is 0.311. The van der Waals surface area contributed by atoms with Crippen molar-refractivity contribution in [1.82, 2.24) is 5.32 Å². The minimum Gasteiger partial charge on any atom is -0.489 e. The highest BCUT2D eigenvalue weighted by molar-refractivity contribution is 7.99. The zero-order valence-electron chi connectivity index (χ0n) is 13.7. The summed E-state index contributed by atoms with van der Waals surface area (Å²) < 4.78 is 5.51. The van der Waals surface area contributed by atoms with E-state index in [-0.39, 0.29) is 0 Å². The molecule has 0 aliphatic heterocycles. The van der Waals surface area contributed by atoms with Gasteiger partial charge in [-0.15, -0.1) is 11.8 Å². The maximum Gasteiger partial charge on any atom is 0.170 e. The number of thioether (sulfide) groups is 1. The standard InChI is InChI=1S/C19H22N2OS2/c1-3-12-22-17-6-4-5-16(14-17)21-19(23)20-11-13-24-18-9-7-15(2)8-10-18/h3-10,14H,1,11-13H2,2H3,(H2,20,21,23). The first-order valence-electron chi connectivity index (χ1n) is 7.75. The van der Waals surface area contributed by atoms with Gasteiger partial charge in [0.2, 0.25) is 0 Å². The number of benzene rings is 2. The van der Waals surface area contributed by atoms with Crippen molar-refractivity contribution < 1.29 is 4.74 Å². The average molecular weight is 359 g/mol. The van der Waals surface area contributed by atoms with Crippen molar-refractivity contribution in [3.63, 3.8) is 0 Å². The van der Waals surface area contributed by atoms with Crippen LogP contribution in [0, 0.1) is 6.92 Å². The van der Waals surface area contributed by atoms with E-state index in [1.54, 1.807) is 6.08 Å². The van der Waals surface area contributed by atoms with Gasteiger partial charge in [-0.2, -0.15) is 0 Å². The second-order valence-corrected chi connectivity index (χ2v) is 6.75. The van der Waals surface area contributed by atoms with E-state index in [1.165, 1.54) is 10.5 Å². The van der Waals surface area contributed by atoms with Gasteiger partial charge in [-0.25, -0.2) is 0 Å². The molecule has 0 radical (unpaired) electrons. The molecule has 0 fully saturated rings. The Balaban J connectivity index is 1.71. The Labute approximate surface area is 153 Å². The third-order valence-electron chi connectivity index (χ3n) is 3.14. The summed E-state index contributed by atoms with van der Waals surface area (Å²) in [6.07, 6.45) is 1.72. The van der Waals surface area contributed by atoms with E-state index in [9.17, 15) is 0 Å². The Morgan fingerprint density at radius 1 is 1.25 bits per heavy atom. The van der Waals surface area contributed by atoms with Crippen LogP contribution in [0.3, 0.4) is 0 Å². The molecule has 126 valence electrons. The molecule has 0 aliphatic carbocycles. The third kappa shape index (κ3) is 6.64. The Hall–Kier alpha value is -1.98. The number of hydrogen-bond donors (Lipinski definition) is 2. The molecule has 0 heterocycles. The highest BCUT2D eigenvalue weighted by Crippen LogP contribution is 2.18. The van der Waals surface area contributed by atoms with Gasteiger partial charge in [0, 0.05) is 28.9 Å². The van der Waals surface area contributed by atoms with Gasteiger partial charge in [0.25, 0.3) is 0 Å². The van der Waals surface area contributed by atoms with Gasteiger partial charge in [-0.1, -0.05) is 36.4 Å². The Morgan fingerprint density at radius 3 is 2.79 bits per heavy atom. The van der Waals surface area contributed by atoms with Gasteiger partial charge < -0.3 is 15.4 Å². The van der Waals surface area contributed by atoms with Gasteiger partial charge in [-0.3, -0.25) is 0 Å². The fourth-order valence-corrected chi connectivity index (χ4v) is 2.95. The lowest BCUT2D eigenvalue weighted by atomic mass is 10.2. The van der Waals surface area contributed by atoms with Crippen molar-refractivity contribution >= 4 is 34.8 Å². The lowest BCUT2D eigenvalue weighted by molar-refractivity contribution is 0.363. The van der Waals surface area contributed by atoms with E-state index in [0.29, 0.717) is 11.7 Å². The van der Waals surface area contributed by atoms with Gasteiger partial charge in [0.1, 0.15) is 12.4 Å². The molecular weight excluding hydrogens is 336 g/mol. The van der Waals surface area contributed by atoms with Gasteiger partial charge >= 0.3 is 0 Å². The fourth-order valence-electron chi connectivity index (χ4n) is 1.96. The maximum atomic E-state index is 5.51. The molecular formula is C19H22N2OS2. The van der Waals surface area contributed by atoms with Crippen molar-refractivity contribution in [2.24, 2.45) is 0 Å². The first kappa shape index (κ1) is 18.4. The Bertz CT molecular complexity index is 671. The van der Waals surface area contributed by atoms with E-state index < -0.39 is 0 Å². The molecule has 0 aromatic heterocycles. The predicted molar refractivity (Wildman–Crippen MR) is 108 cm³/mol. The molecule has 0 unspecified atom stereocenters. The van der Waals surface area contributed by atoms with Crippen molar-refractivity contribution in [1.29, 1.82) is 0 Å². The second kappa shape index (κ2) is 10.0. The zero-order valence-corrected chi connectivity index (χ0v) is 15.4. The summed E-state index contributed by atoms with van der Waals surface area (Å²) in [5.74, 6) is 1.74. The van der Waals surface area contributed by atoms with Crippen LogP contribution in [0.25, 0.3) is 0 Å². The van der Waals surface area contributed by atoms with E-state index in [2.05, 4.69) is 48.4 Å². The molecule has 3 nitrogen and oxygen atoms in total. The number of aryl methyl sites for hydroxylation is 1. The van der Waals surface area contributed by atoms with Gasteiger partial charge in [0.05, 0.1) is 0 Å². The van der Waals surface area contributed by atoms with E-state index in [1.807, 2.05) is 36.0 Å². The average Bonchev–Trinajstić information content (AvgIpc) is 2.59. The van der Waals surface area contributed by atoms with E-state index in [0.717, 1.165) is 23.7 Å².